The quantitative estimate of drug-likeness (QED) is 0.685. The number of aromatic nitrogens is 1. The summed E-state index contributed by atoms with van der Waals surface area (Å²) in [5.41, 5.74) is 4.11. The Balaban J connectivity index is 1.28. The minimum Gasteiger partial charge on any atom is -0.322 e. The van der Waals surface area contributed by atoms with Crippen molar-refractivity contribution in [3.63, 3.8) is 0 Å². The molecule has 0 amide bonds. The molecule has 3 aromatic rings. The van der Waals surface area contributed by atoms with Crippen LogP contribution >= 0.6 is 11.3 Å². The second-order valence-corrected chi connectivity index (χ2v) is 8.17. The number of hydrogen-bond acceptors (Lipinski definition) is 3. The molecule has 28 heavy (non-hydrogen) atoms. The number of quaternary nitrogens is 2. The van der Waals surface area contributed by atoms with Crippen molar-refractivity contribution in [2.24, 2.45) is 0 Å². The van der Waals surface area contributed by atoms with E-state index in [-0.39, 0.29) is 5.82 Å². The Kier molecular flexibility index (Phi) is 5.77. The fraction of sp³-hybridized carbons (Fsp3) is 0.273. The number of piperazine rings is 1. The summed E-state index contributed by atoms with van der Waals surface area (Å²) in [5, 5.41) is 12.0. The van der Waals surface area contributed by atoms with Crippen LogP contribution in [0.1, 0.15) is 16.8 Å². The second-order valence-electron chi connectivity index (χ2n) is 7.31. The normalized spacial score (nSPS) is 19.3. The standard InChI is InChI=1S/C22H21FN4S/c23-20-7-5-19(6-8-20)22-25-21(16-28-22)15-27-11-9-26(10-12-27)14-18-3-1-17(13-24)2-4-18/h1-8,16H,9-12,14-15H2/p+2. The predicted octanol–water partition coefficient (Wildman–Crippen LogP) is 1.30. The summed E-state index contributed by atoms with van der Waals surface area (Å²) in [4.78, 5) is 7.91. The third kappa shape index (κ3) is 4.63. The molecule has 1 aromatic heterocycles. The molecule has 4 rings (SSSR count). The summed E-state index contributed by atoms with van der Waals surface area (Å²) in [6, 6.07) is 16.6. The first-order valence-corrected chi connectivity index (χ1v) is 10.4. The van der Waals surface area contributed by atoms with Crippen LogP contribution in [0.2, 0.25) is 0 Å². The molecule has 142 valence electrons. The summed E-state index contributed by atoms with van der Waals surface area (Å²) >= 11 is 1.63. The number of nitrogens with one attached hydrogen (secondary N) is 2. The van der Waals surface area contributed by atoms with E-state index < -0.39 is 0 Å². The fourth-order valence-corrected chi connectivity index (χ4v) is 4.49. The SMILES string of the molecule is N#Cc1ccc(C[NH+]2CC[NH+](Cc3csc(-c4ccc(F)cc4)n3)CC2)cc1. The van der Waals surface area contributed by atoms with E-state index in [0.717, 1.165) is 61.1 Å². The van der Waals surface area contributed by atoms with Crippen LogP contribution in [-0.2, 0) is 13.1 Å². The fourth-order valence-electron chi connectivity index (χ4n) is 3.67. The van der Waals surface area contributed by atoms with Gasteiger partial charge in [0, 0.05) is 16.5 Å². The van der Waals surface area contributed by atoms with Crippen molar-refractivity contribution in [2.75, 3.05) is 26.2 Å². The topological polar surface area (TPSA) is 45.6 Å². The molecule has 0 spiro atoms. The Labute approximate surface area is 168 Å². The van der Waals surface area contributed by atoms with Gasteiger partial charge in [-0.25, -0.2) is 9.37 Å². The number of nitrogens with zero attached hydrogens (tertiary/aromatic N) is 2. The monoisotopic (exact) mass is 394 g/mol. The van der Waals surface area contributed by atoms with E-state index in [1.54, 1.807) is 33.3 Å². The van der Waals surface area contributed by atoms with Gasteiger partial charge in [0.15, 0.2) is 0 Å². The van der Waals surface area contributed by atoms with E-state index in [9.17, 15) is 4.39 Å². The third-order valence-corrected chi connectivity index (χ3v) is 6.22. The van der Waals surface area contributed by atoms with Gasteiger partial charge in [-0.05, 0) is 36.4 Å². The average Bonchev–Trinajstić information content (AvgIpc) is 3.19. The maximum Gasteiger partial charge on any atom is 0.127 e. The maximum absolute atomic E-state index is 13.1. The third-order valence-electron chi connectivity index (χ3n) is 5.28. The van der Waals surface area contributed by atoms with Gasteiger partial charge in [-0.2, -0.15) is 5.26 Å². The minimum atomic E-state index is -0.216. The molecule has 2 heterocycles. The van der Waals surface area contributed by atoms with Crippen molar-refractivity contribution >= 4 is 11.3 Å². The first-order chi connectivity index (χ1) is 13.7. The molecule has 0 radical (unpaired) electrons. The van der Waals surface area contributed by atoms with Crippen molar-refractivity contribution in [3.05, 3.63) is 76.5 Å². The van der Waals surface area contributed by atoms with E-state index in [0.29, 0.717) is 0 Å². The Morgan fingerprint density at radius 1 is 0.929 bits per heavy atom. The van der Waals surface area contributed by atoms with Gasteiger partial charge in [-0.1, -0.05) is 12.1 Å². The predicted molar refractivity (Wildman–Crippen MR) is 107 cm³/mol. The Morgan fingerprint density at radius 2 is 1.57 bits per heavy atom. The van der Waals surface area contributed by atoms with E-state index in [1.165, 1.54) is 17.7 Å². The minimum absolute atomic E-state index is 0.216. The molecular weight excluding hydrogens is 371 g/mol. The molecule has 0 atom stereocenters. The molecule has 1 aliphatic heterocycles. The van der Waals surface area contributed by atoms with Crippen LogP contribution in [0.25, 0.3) is 10.6 Å². The van der Waals surface area contributed by atoms with E-state index >= 15 is 0 Å². The van der Waals surface area contributed by atoms with Gasteiger partial charge in [0.2, 0.25) is 0 Å². The number of hydrogen-bond donors (Lipinski definition) is 2. The van der Waals surface area contributed by atoms with E-state index in [4.69, 9.17) is 10.2 Å². The van der Waals surface area contributed by atoms with Gasteiger partial charge in [0.1, 0.15) is 55.8 Å². The number of nitriles is 1. The molecule has 0 saturated carbocycles. The highest BCUT2D eigenvalue weighted by molar-refractivity contribution is 7.13. The van der Waals surface area contributed by atoms with Crippen LogP contribution in [0.3, 0.4) is 0 Å². The lowest BCUT2D eigenvalue weighted by molar-refractivity contribution is -1.02. The molecule has 1 aliphatic rings. The zero-order valence-corrected chi connectivity index (χ0v) is 16.4. The summed E-state index contributed by atoms with van der Waals surface area (Å²) in [7, 11) is 0. The zero-order valence-electron chi connectivity index (χ0n) is 15.6. The Hall–Kier alpha value is -2.59. The highest BCUT2D eigenvalue weighted by atomic mass is 32.1. The van der Waals surface area contributed by atoms with Gasteiger partial charge in [0.05, 0.1) is 11.6 Å². The highest BCUT2D eigenvalue weighted by Gasteiger charge is 2.24. The summed E-state index contributed by atoms with van der Waals surface area (Å²) < 4.78 is 13.1. The van der Waals surface area contributed by atoms with Crippen LogP contribution in [0.5, 0.6) is 0 Å². The summed E-state index contributed by atoms with van der Waals surface area (Å²) in [5.74, 6) is -0.216. The van der Waals surface area contributed by atoms with Crippen LogP contribution in [0.4, 0.5) is 4.39 Å². The number of rotatable bonds is 5. The highest BCUT2D eigenvalue weighted by Crippen LogP contribution is 2.23. The second kappa shape index (κ2) is 8.61. The lowest BCUT2D eigenvalue weighted by Gasteiger charge is -2.29. The molecule has 6 heteroatoms. The molecular formula is C22H23FN4S+2. The summed E-state index contributed by atoms with van der Waals surface area (Å²) in [6.07, 6.45) is 0. The molecule has 0 bridgehead atoms. The van der Waals surface area contributed by atoms with Crippen LogP contribution in [0, 0.1) is 17.1 Å². The average molecular weight is 395 g/mol. The van der Waals surface area contributed by atoms with Gasteiger partial charge in [-0.15, -0.1) is 11.3 Å². The first-order valence-electron chi connectivity index (χ1n) is 9.56. The smallest absolute Gasteiger partial charge is 0.127 e. The zero-order chi connectivity index (χ0) is 19.3. The van der Waals surface area contributed by atoms with Gasteiger partial charge >= 0.3 is 0 Å². The lowest BCUT2D eigenvalue weighted by atomic mass is 10.1. The Morgan fingerprint density at radius 3 is 2.21 bits per heavy atom. The van der Waals surface area contributed by atoms with E-state index in [2.05, 4.69) is 23.6 Å². The number of halogens is 1. The molecule has 0 unspecified atom stereocenters. The van der Waals surface area contributed by atoms with Crippen LogP contribution < -0.4 is 9.80 Å². The van der Waals surface area contributed by atoms with Crippen molar-refractivity contribution in [1.82, 2.24) is 4.98 Å². The van der Waals surface area contributed by atoms with Crippen molar-refractivity contribution < 1.29 is 14.2 Å². The molecule has 1 fully saturated rings. The Bertz CT molecular complexity index is 951. The molecule has 4 nitrogen and oxygen atoms in total. The van der Waals surface area contributed by atoms with Crippen LogP contribution in [-0.4, -0.2) is 31.2 Å². The maximum atomic E-state index is 13.1. The van der Waals surface area contributed by atoms with Gasteiger partial charge in [0.25, 0.3) is 0 Å². The summed E-state index contributed by atoms with van der Waals surface area (Å²) in [6.45, 7) is 6.52. The van der Waals surface area contributed by atoms with Gasteiger partial charge < -0.3 is 9.80 Å². The molecule has 2 N–H and O–H groups in total. The molecule has 1 saturated heterocycles. The van der Waals surface area contributed by atoms with Crippen LogP contribution in [0.15, 0.2) is 53.9 Å². The molecule has 0 aliphatic carbocycles. The lowest BCUT2D eigenvalue weighted by Crippen LogP contribution is -3.27. The first kappa shape index (κ1) is 18.8. The molecule has 2 aromatic carbocycles. The van der Waals surface area contributed by atoms with Crippen molar-refractivity contribution in [3.8, 4) is 16.6 Å². The largest absolute Gasteiger partial charge is 0.322 e. The van der Waals surface area contributed by atoms with Crippen molar-refractivity contribution in [2.45, 2.75) is 13.1 Å². The van der Waals surface area contributed by atoms with Gasteiger partial charge in [-0.3, -0.25) is 0 Å². The number of benzene rings is 2. The number of thiazole rings is 1. The van der Waals surface area contributed by atoms with Crippen molar-refractivity contribution in [1.29, 1.82) is 5.26 Å². The van der Waals surface area contributed by atoms with E-state index in [1.807, 2.05) is 12.1 Å².